The minimum absolute atomic E-state index is 0.0395. The second kappa shape index (κ2) is 12.8. The van der Waals surface area contributed by atoms with Gasteiger partial charge in [0, 0.05) is 41.5 Å². The molecule has 10 nitrogen and oxygen atoms in total. The number of carbonyl (C=O) groups is 2. The first-order chi connectivity index (χ1) is 20.7. The molecule has 4 aromatic rings. The molecule has 11 heteroatoms. The van der Waals surface area contributed by atoms with Crippen molar-refractivity contribution in [2.45, 2.75) is 38.4 Å². The van der Waals surface area contributed by atoms with Gasteiger partial charge in [-0.05, 0) is 47.7 Å². The summed E-state index contributed by atoms with van der Waals surface area (Å²) in [6.45, 7) is 0.559. The van der Waals surface area contributed by atoms with Gasteiger partial charge in [0.1, 0.15) is 5.84 Å². The van der Waals surface area contributed by atoms with E-state index in [-0.39, 0.29) is 52.9 Å². The highest BCUT2D eigenvalue weighted by molar-refractivity contribution is 6.33. The number of hydrogen-bond donors (Lipinski definition) is 6. The number of rotatable bonds is 10. The maximum atomic E-state index is 13.2. The van der Waals surface area contributed by atoms with Crippen molar-refractivity contribution >= 4 is 34.9 Å². The lowest BCUT2D eigenvalue weighted by molar-refractivity contribution is -0.120. The molecular formula is C32H32ClN7O3. The molecule has 0 radical (unpaired) electrons. The summed E-state index contributed by atoms with van der Waals surface area (Å²) >= 11 is 6.78. The Morgan fingerprint density at radius 1 is 0.953 bits per heavy atom. The van der Waals surface area contributed by atoms with Crippen LogP contribution in [0, 0.1) is 5.41 Å². The highest BCUT2D eigenvalue weighted by Gasteiger charge is 2.23. The lowest BCUT2D eigenvalue weighted by Gasteiger charge is -2.17. The fourth-order valence-corrected chi connectivity index (χ4v) is 4.92. The number of pyridine rings is 1. The van der Waals surface area contributed by atoms with Gasteiger partial charge in [0.25, 0.3) is 5.91 Å². The van der Waals surface area contributed by atoms with Gasteiger partial charge in [-0.25, -0.2) is 0 Å². The Kier molecular flexibility index (Phi) is 8.77. The average molecular weight is 598 g/mol. The van der Waals surface area contributed by atoms with E-state index < -0.39 is 0 Å². The largest absolute Gasteiger partial charge is 0.427 e. The molecule has 220 valence electrons. The quantitative estimate of drug-likeness (QED) is 0.0706. The number of nitrogens with zero attached hydrogens (tertiary/aromatic N) is 2. The molecule has 0 atom stereocenters. The molecule has 3 aromatic carbocycles. The molecule has 1 fully saturated rings. The van der Waals surface area contributed by atoms with Crippen LogP contribution in [0.2, 0.25) is 5.02 Å². The molecule has 5 rings (SSSR count). The lowest BCUT2D eigenvalue weighted by atomic mass is 9.98. The van der Waals surface area contributed by atoms with Crippen LogP contribution in [-0.2, 0) is 24.3 Å². The molecular weight excluding hydrogens is 566 g/mol. The number of carbonyl (C=O) groups excluding carboxylic acids is 2. The molecule has 1 aliphatic carbocycles. The molecule has 0 bridgehead atoms. The van der Waals surface area contributed by atoms with Crippen LogP contribution in [0.3, 0.4) is 0 Å². The third-order valence-corrected chi connectivity index (χ3v) is 7.30. The molecule has 1 aromatic heterocycles. The number of anilines is 1. The van der Waals surface area contributed by atoms with Gasteiger partial charge in [-0.15, -0.1) is 0 Å². The van der Waals surface area contributed by atoms with Crippen LogP contribution in [0.15, 0.2) is 83.9 Å². The fourth-order valence-electron chi connectivity index (χ4n) is 4.60. The summed E-state index contributed by atoms with van der Waals surface area (Å²) in [7, 11) is 0. The zero-order valence-electron chi connectivity index (χ0n) is 23.3. The normalized spacial score (nSPS) is 13.0. The van der Waals surface area contributed by atoms with E-state index in [0.717, 1.165) is 28.7 Å². The summed E-state index contributed by atoms with van der Waals surface area (Å²) in [6, 6.07) is 23.0. The van der Waals surface area contributed by atoms with Gasteiger partial charge in [0.15, 0.2) is 5.49 Å². The fraction of sp³-hybridized carbons (Fsp3) is 0.188. The van der Waals surface area contributed by atoms with Crippen molar-refractivity contribution < 1.29 is 14.8 Å². The molecule has 43 heavy (non-hydrogen) atoms. The number of amidine groups is 1. The van der Waals surface area contributed by atoms with E-state index in [1.54, 1.807) is 48.5 Å². The SMILES string of the molecule is N=C(N)c1ccc(CNC(=O)Cc2c(-c3cc(N)cc(C(=O)NCc4ccccc4)c3)c(Cl)cc(=NC3CC3)n2O)cc1. The highest BCUT2D eigenvalue weighted by atomic mass is 35.5. The van der Waals surface area contributed by atoms with E-state index in [9.17, 15) is 14.8 Å². The second-order valence-electron chi connectivity index (χ2n) is 10.4. The summed E-state index contributed by atoms with van der Waals surface area (Å²) in [4.78, 5) is 30.8. The van der Waals surface area contributed by atoms with E-state index in [2.05, 4.69) is 15.6 Å². The van der Waals surface area contributed by atoms with E-state index in [0.29, 0.717) is 34.5 Å². The molecule has 1 saturated carbocycles. The molecule has 1 heterocycles. The van der Waals surface area contributed by atoms with Crippen LogP contribution in [0.4, 0.5) is 5.69 Å². The number of nitrogens with one attached hydrogen (secondary N) is 3. The smallest absolute Gasteiger partial charge is 0.251 e. The number of nitrogen functional groups attached to an aromatic ring is 2. The summed E-state index contributed by atoms with van der Waals surface area (Å²) in [5.74, 6) is -0.743. The third-order valence-electron chi connectivity index (χ3n) is 7.00. The third kappa shape index (κ3) is 7.41. The van der Waals surface area contributed by atoms with E-state index in [4.69, 9.17) is 28.5 Å². The van der Waals surface area contributed by atoms with Crippen LogP contribution < -0.4 is 27.6 Å². The lowest BCUT2D eigenvalue weighted by Crippen LogP contribution is -2.30. The van der Waals surface area contributed by atoms with Crippen molar-refractivity contribution in [1.82, 2.24) is 15.4 Å². The minimum Gasteiger partial charge on any atom is -0.427 e. The van der Waals surface area contributed by atoms with Crippen LogP contribution in [0.25, 0.3) is 11.1 Å². The zero-order chi connectivity index (χ0) is 30.5. The number of halogens is 1. The number of amides is 2. The molecule has 0 saturated heterocycles. The molecule has 1 aliphatic rings. The standard InChI is InChI=1S/C32H32ClN7O3/c33-26-15-28(39-25-10-11-25)40(43)27(16-29(41)37-17-20-6-8-21(9-7-20)31(35)36)30(26)22-12-23(14-24(34)13-22)32(42)38-18-19-4-2-1-3-5-19/h1-9,12-15,25,43H,10-11,16-18,34H2,(H3,35,36)(H,37,41)(H,38,42). The minimum atomic E-state index is -0.371. The van der Waals surface area contributed by atoms with Crippen LogP contribution in [-0.4, -0.2) is 33.6 Å². The Morgan fingerprint density at radius 2 is 1.63 bits per heavy atom. The Labute approximate surface area is 253 Å². The van der Waals surface area contributed by atoms with Gasteiger partial charge in [0.05, 0.1) is 23.2 Å². The number of hydrogen-bond acceptors (Lipinski definition) is 6. The molecule has 0 aliphatic heterocycles. The summed E-state index contributed by atoms with van der Waals surface area (Å²) in [5.41, 5.74) is 16.0. The van der Waals surface area contributed by atoms with Gasteiger partial charge in [-0.3, -0.25) is 20.0 Å². The van der Waals surface area contributed by atoms with Crippen LogP contribution in [0.1, 0.15) is 45.6 Å². The first kappa shape index (κ1) is 29.4. The van der Waals surface area contributed by atoms with Crippen molar-refractivity contribution in [2.75, 3.05) is 5.73 Å². The average Bonchev–Trinajstić information content (AvgIpc) is 3.82. The van der Waals surface area contributed by atoms with Gasteiger partial charge >= 0.3 is 0 Å². The first-order valence-electron chi connectivity index (χ1n) is 13.8. The summed E-state index contributed by atoms with van der Waals surface area (Å²) in [5, 5.41) is 24.8. The van der Waals surface area contributed by atoms with Crippen LogP contribution >= 0.6 is 11.6 Å². The predicted octanol–water partition coefficient (Wildman–Crippen LogP) is 3.76. The Bertz CT molecular complexity index is 1750. The van der Waals surface area contributed by atoms with Crippen molar-refractivity contribution in [3.05, 3.63) is 117 Å². The molecule has 8 N–H and O–H groups in total. The molecule has 2 amide bonds. The van der Waals surface area contributed by atoms with E-state index >= 15 is 0 Å². The number of benzene rings is 3. The van der Waals surface area contributed by atoms with Crippen molar-refractivity contribution in [3.63, 3.8) is 0 Å². The number of nitrogens with two attached hydrogens (primary N) is 2. The maximum Gasteiger partial charge on any atom is 0.251 e. The Morgan fingerprint density at radius 3 is 2.30 bits per heavy atom. The summed E-state index contributed by atoms with van der Waals surface area (Å²) < 4.78 is 0.888. The van der Waals surface area contributed by atoms with E-state index in [1.165, 1.54) is 0 Å². The first-order valence-corrected chi connectivity index (χ1v) is 14.2. The zero-order valence-corrected chi connectivity index (χ0v) is 24.1. The molecule has 0 unspecified atom stereocenters. The predicted molar refractivity (Wildman–Crippen MR) is 166 cm³/mol. The van der Waals surface area contributed by atoms with Crippen LogP contribution in [0.5, 0.6) is 0 Å². The molecule has 0 spiro atoms. The topological polar surface area (TPSA) is 172 Å². The van der Waals surface area contributed by atoms with Crippen molar-refractivity contribution in [3.8, 4) is 11.1 Å². The summed E-state index contributed by atoms with van der Waals surface area (Å²) in [6.07, 6.45) is 1.60. The van der Waals surface area contributed by atoms with Crippen molar-refractivity contribution in [1.29, 1.82) is 5.41 Å². The van der Waals surface area contributed by atoms with Gasteiger partial charge < -0.3 is 27.3 Å². The monoisotopic (exact) mass is 597 g/mol. The Hall–Kier alpha value is -5.09. The number of aromatic nitrogens is 1. The van der Waals surface area contributed by atoms with Gasteiger partial charge in [-0.2, -0.15) is 4.73 Å². The van der Waals surface area contributed by atoms with Gasteiger partial charge in [0.2, 0.25) is 5.91 Å². The van der Waals surface area contributed by atoms with Crippen molar-refractivity contribution in [2.24, 2.45) is 10.7 Å². The Balaban J connectivity index is 1.44. The maximum absolute atomic E-state index is 13.2. The highest BCUT2D eigenvalue weighted by Crippen LogP contribution is 2.33. The van der Waals surface area contributed by atoms with E-state index in [1.807, 2.05) is 30.3 Å². The second-order valence-corrected chi connectivity index (χ2v) is 10.8. The van der Waals surface area contributed by atoms with Gasteiger partial charge in [-0.1, -0.05) is 66.2 Å².